The first-order valence-corrected chi connectivity index (χ1v) is 4.20. The molecule has 11 heavy (non-hydrogen) atoms. The molecule has 0 aliphatic heterocycles. The van der Waals surface area contributed by atoms with Gasteiger partial charge in [-0.2, -0.15) is 0 Å². The van der Waals surface area contributed by atoms with E-state index in [4.69, 9.17) is 23.2 Å². The molecule has 0 nitrogen and oxygen atoms in total. The molecule has 0 aromatic heterocycles. The smallest absolute Gasteiger partial charge is 0.0775 e. The predicted octanol–water partition coefficient (Wildman–Crippen LogP) is 3.65. The number of fused-ring (bicyclic) bond motifs is 1. The van der Waals surface area contributed by atoms with Crippen LogP contribution < -0.4 is 0 Å². The summed E-state index contributed by atoms with van der Waals surface area (Å²) in [6.45, 7) is 0. The molecule has 0 saturated heterocycles. The van der Waals surface area contributed by atoms with E-state index < -0.39 is 0 Å². The number of benzene rings is 1. The molecule has 1 aliphatic carbocycles. The fourth-order valence-corrected chi connectivity index (χ4v) is 1.67. The quantitative estimate of drug-likeness (QED) is 0.541. The predicted molar refractivity (Wildman–Crippen MR) is 49.1 cm³/mol. The Bertz CT molecular complexity index is 315. The summed E-state index contributed by atoms with van der Waals surface area (Å²) in [5.74, 6) is 0. The van der Waals surface area contributed by atoms with Crippen molar-refractivity contribution in [1.82, 2.24) is 0 Å². The van der Waals surface area contributed by atoms with Gasteiger partial charge in [0.2, 0.25) is 0 Å². The molecule has 0 amide bonds. The minimum absolute atomic E-state index is 0.00343. The van der Waals surface area contributed by atoms with Crippen molar-refractivity contribution in [3.63, 3.8) is 0 Å². The minimum Gasteiger partial charge on any atom is -0.113 e. The lowest BCUT2D eigenvalue weighted by molar-refractivity contribution is 1.25. The van der Waals surface area contributed by atoms with Crippen molar-refractivity contribution in [2.45, 2.75) is 5.38 Å². The molecule has 0 radical (unpaired) electrons. The molecule has 1 aromatic carbocycles. The Morgan fingerprint density at radius 3 is 2.91 bits per heavy atom. The van der Waals surface area contributed by atoms with E-state index in [-0.39, 0.29) is 5.38 Å². The molecule has 2 heteroatoms. The van der Waals surface area contributed by atoms with Gasteiger partial charge in [0.25, 0.3) is 0 Å². The van der Waals surface area contributed by atoms with Crippen molar-refractivity contribution in [3.8, 4) is 0 Å². The van der Waals surface area contributed by atoms with Gasteiger partial charge in [0.15, 0.2) is 0 Å². The molecular formula is C9H6Cl2. The Morgan fingerprint density at radius 2 is 2.09 bits per heavy atom. The fourth-order valence-electron chi connectivity index (χ4n) is 1.23. The van der Waals surface area contributed by atoms with Crippen LogP contribution in [0.5, 0.6) is 0 Å². The Labute approximate surface area is 75.4 Å². The van der Waals surface area contributed by atoms with E-state index in [9.17, 15) is 0 Å². The Morgan fingerprint density at radius 1 is 1.27 bits per heavy atom. The van der Waals surface area contributed by atoms with Crippen LogP contribution in [0.4, 0.5) is 0 Å². The lowest BCUT2D eigenvalue weighted by Crippen LogP contribution is -1.83. The van der Waals surface area contributed by atoms with Gasteiger partial charge in [0, 0.05) is 5.02 Å². The first-order chi connectivity index (χ1) is 5.27. The van der Waals surface area contributed by atoms with Gasteiger partial charge in [0.05, 0.1) is 5.38 Å². The van der Waals surface area contributed by atoms with Gasteiger partial charge in [-0.1, -0.05) is 29.8 Å². The third kappa shape index (κ3) is 1.17. The van der Waals surface area contributed by atoms with Crippen LogP contribution in [0.25, 0.3) is 6.08 Å². The van der Waals surface area contributed by atoms with Crippen LogP contribution in [-0.2, 0) is 0 Å². The lowest BCUT2D eigenvalue weighted by atomic mass is 10.1. The summed E-state index contributed by atoms with van der Waals surface area (Å²) in [6, 6.07) is 5.77. The van der Waals surface area contributed by atoms with Crippen LogP contribution in [0.1, 0.15) is 16.5 Å². The average molecular weight is 185 g/mol. The van der Waals surface area contributed by atoms with Gasteiger partial charge in [-0.3, -0.25) is 0 Å². The van der Waals surface area contributed by atoms with E-state index in [1.165, 1.54) is 5.56 Å². The zero-order valence-corrected chi connectivity index (χ0v) is 7.23. The van der Waals surface area contributed by atoms with Crippen molar-refractivity contribution in [3.05, 3.63) is 40.4 Å². The summed E-state index contributed by atoms with van der Waals surface area (Å²) in [5, 5.41) is 0.752. The first-order valence-electron chi connectivity index (χ1n) is 3.39. The molecule has 0 heterocycles. The molecule has 1 aromatic rings. The molecule has 0 saturated carbocycles. The third-order valence-corrected chi connectivity index (χ3v) is 2.41. The van der Waals surface area contributed by atoms with Crippen molar-refractivity contribution in [2.24, 2.45) is 0 Å². The molecular weight excluding hydrogens is 179 g/mol. The molecule has 1 aliphatic rings. The second kappa shape index (κ2) is 2.54. The van der Waals surface area contributed by atoms with Crippen LogP contribution >= 0.6 is 23.2 Å². The highest BCUT2D eigenvalue weighted by Gasteiger charge is 2.13. The second-order valence-electron chi connectivity index (χ2n) is 2.53. The van der Waals surface area contributed by atoms with Gasteiger partial charge >= 0.3 is 0 Å². The SMILES string of the molecule is Clc1ccc2c(c1)C(Cl)C=C2. The van der Waals surface area contributed by atoms with Gasteiger partial charge in [-0.05, 0) is 23.3 Å². The number of hydrogen-bond acceptors (Lipinski definition) is 0. The van der Waals surface area contributed by atoms with E-state index >= 15 is 0 Å². The summed E-state index contributed by atoms with van der Waals surface area (Å²) in [6.07, 6.45) is 3.98. The largest absolute Gasteiger partial charge is 0.113 e. The molecule has 2 rings (SSSR count). The van der Waals surface area contributed by atoms with E-state index in [1.807, 2.05) is 30.4 Å². The maximum Gasteiger partial charge on any atom is 0.0775 e. The monoisotopic (exact) mass is 184 g/mol. The third-order valence-electron chi connectivity index (χ3n) is 1.79. The van der Waals surface area contributed by atoms with Crippen LogP contribution in [-0.4, -0.2) is 0 Å². The highest BCUT2D eigenvalue weighted by molar-refractivity contribution is 6.31. The number of hydrogen-bond donors (Lipinski definition) is 0. The maximum atomic E-state index is 5.97. The van der Waals surface area contributed by atoms with Crippen LogP contribution in [0.3, 0.4) is 0 Å². The summed E-state index contributed by atoms with van der Waals surface area (Å²) >= 11 is 11.8. The topological polar surface area (TPSA) is 0 Å². The summed E-state index contributed by atoms with van der Waals surface area (Å²) in [7, 11) is 0. The van der Waals surface area contributed by atoms with E-state index in [1.54, 1.807) is 0 Å². The molecule has 0 N–H and O–H groups in total. The Balaban J connectivity index is 2.58. The van der Waals surface area contributed by atoms with Crippen molar-refractivity contribution in [1.29, 1.82) is 0 Å². The minimum atomic E-state index is 0.00343. The van der Waals surface area contributed by atoms with E-state index in [0.29, 0.717) is 0 Å². The standard InChI is InChI=1S/C9H6Cl2/c10-7-3-1-6-2-4-9(11)8(6)5-7/h1-5,9H. The summed E-state index contributed by atoms with van der Waals surface area (Å²) < 4.78 is 0. The highest BCUT2D eigenvalue weighted by atomic mass is 35.5. The zero-order valence-electron chi connectivity index (χ0n) is 5.72. The lowest BCUT2D eigenvalue weighted by Gasteiger charge is -2.01. The van der Waals surface area contributed by atoms with Crippen LogP contribution in [0, 0.1) is 0 Å². The van der Waals surface area contributed by atoms with Gasteiger partial charge in [-0.25, -0.2) is 0 Å². The number of halogens is 2. The van der Waals surface area contributed by atoms with Gasteiger partial charge in [0.1, 0.15) is 0 Å². The normalized spacial score (nSPS) is 20.4. The highest BCUT2D eigenvalue weighted by Crippen LogP contribution is 2.34. The van der Waals surface area contributed by atoms with Crippen LogP contribution in [0.2, 0.25) is 5.02 Å². The molecule has 56 valence electrons. The van der Waals surface area contributed by atoms with E-state index in [0.717, 1.165) is 10.6 Å². The zero-order chi connectivity index (χ0) is 7.84. The van der Waals surface area contributed by atoms with E-state index in [2.05, 4.69) is 0 Å². The molecule has 0 spiro atoms. The van der Waals surface area contributed by atoms with Crippen LogP contribution in [0.15, 0.2) is 24.3 Å². The maximum absolute atomic E-state index is 5.97. The van der Waals surface area contributed by atoms with Crippen molar-refractivity contribution in [2.75, 3.05) is 0 Å². The molecule has 1 atom stereocenters. The summed E-state index contributed by atoms with van der Waals surface area (Å²) in [4.78, 5) is 0. The second-order valence-corrected chi connectivity index (χ2v) is 3.44. The Kier molecular flexibility index (Phi) is 1.67. The summed E-state index contributed by atoms with van der Waals surface area (Å²) in [5.41, 5.74) is 2.29. The molecule has 0 bridgehead atoms. The Hall–Kier alpha value is -0.460. The number of rotatable bonds is 0. The average Bonchev–Trinajstić information content (AvgIpc) is 2.33. The van der Waals surface area contributed by atoms with Crippen molar-refractivity contribution >= 4 is 29.3 Å². The molecule has 1 unspecified atom stereocenters. The number of alkyl halides is 1. The molecule has 0 fully saturated rings. The first kappa shape index (κ1) is 7.20. The van der Waals surface area contributed by atoms with Crippen molar-refractivity contribution < 1.29 is 0 Å². The number of allylic oxidation sites excluding steroid dienone is 1. The fraction of sp³-hybridized carbons (Fsp3) is 0.111. The van der Waals surface area contributed by atoms with Gasteiger partial charge < -0.3 is 0 Å². The van der Waals surface area contributed by atoms with Gasteiger partial charge in [-0.15, -0.1) is 11.6 Å².